The van der Waals surface area contributed by atoms with Crippen LogP contribution in [0.1, 0.15) is 110 Å². The Morgan fingerprint density at radius 3 is 2.42 bits per heavy atom. The van der Waals surface area contributed by atoms with Gasteiger partial charge in [0.05, 0.1) is 24.4 Å². The van der Waals surface area contributed by atoms with Crippen LogP contribution >= 0.6 is 0 Å². The fraction of sp³-hybridized carbons (Fsp3) is 0.763. The third-order valence-electron chi connectivity index (χ3n) is 13.4. The first kappa shape index (κ1) is 32.5. The average molecular weight is 623 g/mol. The fourth-order valence-electron chi connectivity index (χ4n) is 11.2. The molecule has 0 radical (unpaired) electrons. The Labute approximate surface area is 269 Å². The van der Waals surface area contributed by atoms with Gasteiger partial charge in [0.1, 0.15) is 12.2 Å². The van der Waals surface area contributed by atoms with Gasteiger partial charge in [0.2, 0.25) is 0 Å². The van der Waals surface area contributed by atoms with E-state index in [2.05, 4.69) is 27.7 Å². The number of benzene rings is 1. The van der Waals surface area contributed by atoms with Crippen molar-refractivity contribution in [1.82, 2.24) is 0 Å². The lowest BCUT2D eigenvalue weighted by atomic mass is 9.43. The summed E-state index contributed by atoms with van der Waals surface area (Å²) in [5.41, 5.74) is 0.592. The second-order valence-electron chi connectivity index (χ2n) is 15.8. The average Bonchev–Trinajstić information content (AvgIpc) is 3.49. The molecule has 0 unspecified atom stereocenters. The minimum Gasteiger partial charge on any atom is -0.466 e. The van der Waals surface area contributed by atoms with Crippen molar-refractivity contribution in [2.45, 2.75) is 124 Å². The topological polar surface area (TPSA) is 88.1 Å². The molecule has 7 heteroatoms. The predicted molar refractivity (Wildman–Crippen MR) is 170 cm³/mol. The zero-order valence-corrected chi connectivity index (χ0v) is 28.2. The number of rotatable bonds is 8. The smallest absolute Gasteiger partial charge is 0.338 e. The van der Waals surface area contributed by atoms with Crippen molar-refractivity contribution in [3.05, 3.63) is 35.9 Å². The van der Waals surface area contributed by atoms with Gasteiger partial charge in [0, 0.05) is 19.3 Å². The van der Waals surface area contributed by atoms with Gasteiger partial charge in [-0.05, 0) is 117 Å². The molecule has 6 rings (SSSR count). The highest BCUT2D eigenvalue weighted by atomic mass is 16.6. The molecule has 4 aliphatic carbocycles. The van der Waals surface area contributed by atoms with E-state index in [0.29, 0.717) is 47.7 Å². The maximum absolute atomic E-state index is 13.7. The van der Waals surface area contributed by atoms with E-state index in [9.17, 15) is 14.4 Å². The van der Waals surface area contributed by atoms with Crippen molar-refractivity contribution >= 4 is 17.9 Å². The Kier molecular flexibility index (Phi) is 9.15. The molecule has 7 nitrogen and oxygen atoms in total. The molecule has 1 saturated heterocycles. The lowest BCUT2D eigenvalue weighted by molar-refractivity contribution is -0.181. The van der Waals surface area contributed by atoms with Gasteiger partial charge in [0.25, 0.3) is 0 Å². The molecule has 1 aliphatic heterocycles. The van der Waals surface area contributed by atoms with E-state index in [4.69, 9.17) is 18.9 Å². The third-order valence-corrected chi connectivity index (χ3v) is 13.4. The Bertz CT molecular complexity index is 1250. The molecular formula is C38H54O7. The highest BCUT2D eigenvalue weighted by molar-refractivity contribution is 5.89. The summed E-state index contributed by atoms with van der Waals surface area (Å²) in [5, 5.41) is 0. The first-order chi connectivity index (χ1) is 21.4. The number of esters is 3. The Hall–Kier alpha value is -2.41. The van der Waals surface area contributed by atoms with Crippen LogP contribution in [-0.2, 0) is 28.5 Å². The van der Waals surface area contributed by atoms with E-state index in [-0.39, 0.29) is 59.1 Å². The van der Waals surface area contributed by atoms with E-state index >= 15 is 0 Å². The Morgan fingerprint density at radius 1 is 0.956 bits per heavy atom. The summed E-state index contributed by atoms with van der Waals surface area (Å²) in [7, 11) is 0. The van der Waals surface area contributed by atoms with E-state index in [1.165, 1.54) is 26.7 Å². The minimum atomic E-state index is -0.229. The molecule has 5 fully saturated rings. The first-order valence-electron chi connectivity index (χ1n) is 17.6. The molecule has 5 aliphatic rings. The summed E-state index contributed by atoms with van der Waals surface area (Å²) < 4.78 is 24.6. The maximum Gasteiger partial charge on any atom is 0.338 e. The van der Waals surface area contributed by atoms with E-state index in [1.54, 1.807) is 0 Å². The van der Waals surface area contributed by atoms with Gasteiger partial charge in [-0.25, -0.2) is 4.79 Å². The van der Waals surface area contributed by atoms with E-state index < -0.39 is 0 Å². The van der Waals surface area contributed by atoms with Crippen molar-refractivity contribution < 1.29 is 33.3 Å². The van der Waals surface area contributed by atoms with E-state index in [0.717, 1.165) is 44.9 Å². The first-order valence-corrected chi connectivity index (χ1v) is 17.6. The van der Waals surface area contributed by atoms with Crippen LogP contribution in [0.15, 0.2) is 30.3 Å². The third kappa shape index (κ3) is 5.96. The van der Waals surface area contributed by atoms with Crippen LogP contribution in [0.4, 0.5) is 0 Å². The molecule has 0 bridgehead atoms. The van der Waals surface area contributed by atoms with Gasteiger partial charge in [-0.1, -0.05) is 45.9 Å². The molecule has 1 heterocycles. The zero-order valence-electron chi connectivity index (χ0n) is 28.2. The van der Waals surface area contributed by atoms with Crippen LogP contribution in [0, 0.1) is 52.3 Å². The number of carbonyl (C=O) groups is 3. The molecule has 4 saturated carbocycles. The lowest BCUT2D eigenvalue weighted by Gasteiger charge is -2.62. The standard InChI is InChI=1S/C38H54O7/c1-22(21-42-24(3)39)12-15-32-23(2)35-33(44-32)19-31-29-14-13-27-18-28(43-25(4)40)16-17-37(27,5)30(29)20-34(38(31,35)6)45-36(41)26-10-8-7-9-11-26/h7-11,22-23,27-35H,12-21H2,1-6H3/t22-,23-,27+,28+,29-,30+,31+,32-,33+,34-,35+,37+,38-/m1/s1. The van der Waals surface area contributed by atoms with Crippen LogP contribution in [-0.4, -0.2) is 48.9 Å². The molecule has 1 aromatic carbocycles. The fourth-order valence-corrected chi connectivity index (χ4v) is 11.2. The molecule has 0 amide bonds. The number of hydrogen-bond acceptors (Lipinski definition) is 7. The number of carbonyl (C=O) groups excluding carboxylic acids is 3. The Morgan fingerprint density at radius 2 is 1.71 bits per heavy atom. The summed E-state index contributed by atoms with van der Waals surface area (Å²) >= 11 is 0. The Balaban J connectivity index is 1.25. The van der Waals surface area contributed by atoms with Crippen LogP contribution < -0.4 is 0 Å². The summed E-state index contributed by atoms with van der Waals surface area (Å²) in [6, 6.07) is 9.44. The second-order valence-corrected chi connectivity index (χ2v) is 15.8. The normalized spacial score (nSPS) is 42.4. The van der Waals surface area contributed by atoms with Crippen molar-refractivity contribution in [1.29, 1.82) is 0 Å². The zero-order chi connectivity index (χ0) is 32.1. The van der Waals surface area contributed by atoms with Crippen molar-refractivity contribution in [3.63, 3.8) is 0 Å². The maximum atomic E-state index is 13.7. The molecule has 248 valence electrons. The van der Waals surface area contributed by atoms with Gasteiger partial charge in [-0.15, -0.1) is 0 Å². The number of hydrogen-bond donors (Lipinski definition) is 0. The molecule has 0 N–H and O–H groups in total. The monoisotopic (exact) mass is 622 g/mol. The SMILES string of the molecule is CC(=O)OC[C@H](C)CC[C@H]1O[C@H]2C[C@H]3[C@@H]4CC[C@H]5C[C@@H](OC(C)=O)CC[C@]5(C)[C@H]4C[C@@H](OC(=O)c4ccccc4)[C@]3(C)[C@H]2[C@@H]1C. The molecule has 1 aromatic rings. The highest BCUT2D eigenvalue weighted by Gasteiger charge is 2.69. The highest BCUT2D eigenvalue weighted by Crippen LogP contribution is 2.70. The minimum absolute atomic E-state index is 0.0199. The van der Waals surface area contributed by atoms with Gasteiger partial charge in [-0.3, -0.25) is 9.59 Å². The largest absolute Gasteiger partial charge is 0.466 e. The summed E-state index contributed by atoms with van der Waals surface area (Å²) in [5.74, 6) is 2.34. The van der Waals surface area contributed by atoms with Gasteiger partial charge >= 0.3 is 17.9 Å². The molecular weight excluding hydrogens is 568 g/mol. The lowest BCUT2D eigenvalue weighted by Crippen LogP contribution is -2.60. The van der Waals surface area contributed by atoms with Crippen LogP contribution in [0.5, 0.6) is 0 Å². The summed E-state index contributed by atoms with van der Waals surface area (Å²) in [6.45, 7) is 12.8. The van der Waals surface area contributed by atoms with E-state index in [1.807, 2.05) is 30.3 Å². The predicted octanol–water partition coefficient (Wildman–Crippen LogP) is 7.41. The second kappa shape index (κ2) is 12.7. The van der Waals surface area contributed by atoms with Gasteiger partial charge < -0.3 is 18.9 Å². The summed E-state index contributed by atoms with van der Waals surface area (Å²) in [4.78, 5) is 36.8. The molecule has 0 spiro atoms. The van der Waals surface area contributed by atoms with Gasteiger partial charge in [0.15, 0.2) is 0 Å². The molecule has 0 aromatic heterocycles. The van der Waals surface area contributed by atoms with Crippen molar-refractivity contribution in [2.24, 2.45) is 52.3 Å². The van der Waals surface area contributed by atoms with Crippen molar-refractivity contribution in [2.75, 3.05) is 6.61 Å². The number of fused-ring (bicyclic) bond motifs is 7. The van der Waals surface area contributed by atoms with Crippen molar-refractivity contribution in [3.8, 4) is 0 Å². The quantitative estimate of drug-likeness (QED) is 0.220. The van der Waals surface area contributed by atoms with Crippen LogP contribution in [0.3, 0.4) is 0 Å². The molecule has 45 heavy (non-hydrogen) atoms. The van der Waals surface area contributed by atoms with Crippen LogP contribution in [0.2, 0.25) is 0 Å². The molecule has 13 atom stereocenters. The van der Waals surface area contributed by atoms with Gasteiger partial charge in [-0.2, -0.15) is 0 Å². The summed E-state index contributed by atoms with van der Waals surface area (Å²) in [6.07, 6.45) is 9.25. The number of ether oxygens (including phenoxy) is 4. The van der Waals surface area contributed by atoms with Crippen LogP contribution in [0.25, 0.3) is 0 Å².